The van der Waals surface area contributed by atoms with E-state index >= 15 is 0 Å². The van der Waals surface area contributed by atoms with Gasteiger partial charge >= 0.3 is 0 Å². The number of nitrogens with two attached hydrogens (primary N) is 1. The van der Waals surface area contributed by atoms with Crippen molar-refractivity contribution in [3.8, 4) is 5.75 Å². The molecule has 1 aromatic heterocycles. The Morgan fingerprint density at radius 2 is 2.17 bits per heavy atom. The van der Waals surface area contributed by atoms with Crippen LogP contribution in [0.25, 0.3) is 0 Å². The quantitative estimate of drug-likeness (QED) is 0.860. The molecule has 4 nitrogen and oxygen atoms in total. The predicted molar refractivity (Wildman–Crippen MR) is 73.8 cm³/mol. The van der Waals surface area contributed by atoms with Gasteiger partial charge < -0.3 is 15.8 Å². The number of nitrogens with one attached hydrogen (secondary N) is 1. The summed E-state index contributed by atoms with van der Waals surface area (Å²) in [6, 6.07) is 3.87. The van der Waals surface area contributed by atoms with Gasteiger partial charge in [0.15, 0.2) is 0 Å². The van der Waals surface area contributed by atoms with Crippen molar-refractivity contribution >= 4 is 5.82 Å². The van der Waals surface area contributed by atoms with Crippen molar-refractivity contribution in [3.63, 3.8) is 0 Å². The summed E-state index contributed by atoms with van der Waals surface area (Å²) in [6.45, 7) is 2.97. The maximum atomic E-state index is 5.97. The Labute approximate surface area is 109 Å². The van der Waals surface area contributed by atoms with Crippen molar-refractivity contribution in [2.24, 2.45) is 11.7 Å². The van der Waals surface area contributed by atoms with Crippen molar-refractivity contribution in [3.05, 3.63) is 18.3 Å². The number of aromatic nitrogens is 1. The molecule has 0 amide bonds. The van der Waals surface area contributed by atoms with E-state index in [-0.39, 0.29) is 5.54 Å². The molecule has 1 fully saturated rings. The van der Waals surface area contributed by atoms with Gasteiger partial charge in [0.1, 0.15) is 11.6 Å². The summed E-state index contributed by atoms with van der Waals surface area (Å²) < 4.78 is 5.11. The fourth-order valence-corrected chi connectivity index (χ4v) is 2.54. The Hall–Kier alpha value is -1.29. The predicted octanol–water partition coefficient (Wildman–Crippen LogP) is 2.41. The minimum atomic E-state index is 0.0219. The van der Waals surface area contributed by atoms with Gasteiger partial charge in [-0.3, -0.25) is 0 Å². The first-order valence-electron chi connectivity index (χ1n) is 6.66. The normalized spacial score (nSPS) is 27.8. The number of anilines is 1. The summed E-state index contributed by atoms with van der Waals surface area (Å²) in [4.78, 5) is 4.36. The maximum Gasteiger partial charge on any atom is 0.137 e. The number of hydrogen-bond donors (Lipinski definition) is 2. The second-order valence-corrected chi connectivity index (χ2v) is 5.38. The van der Waals surface area contributed by atoms with Gasteiger partial charge in [0.25, 0.3) is 0 Å². The van der Waals surface area contributed by atoms with Gasteiger partial charge in [0.2, 0.25) is 0 Å². The van der Waals surface area contributed by atoms with Gasteiger partial charge in [0, 0.05) is 6.54 Å². The molecular weight excluding hydrogens is 226 g/mol. The van der Waals surface area contributed by atoms with E-state index in [2.05, 4.69) is 17.2 Å². The van der Waals surface area contributed by atoms with Crippen LogP contribution >= 0.6 is 0 Å². The second-order valence-electron chi connectivity index (χ2n) is 5.38. The molecule has 0 bridgehead atoms. The van der Waals surface area contributed by atoms with Crippen LogP contribution in [0.3, 0.4) is 0 Å². The fourth-order valence-electron chi connectivity index (χ4n) is 2.54. The first-order valence-corrected chi connectivity index (χ1v) is 6.66. The van der Waals surface area contributed by atoms with Crippen LogP contribution in [0.5, 0.6) is 5.75 Å². The Morgan fingerprint density at radius 1 is 1.44 bits per heavy atom. The minimum Gasteiger partial charge on any atom is -0.495 e. The largest absolute Gasteiger partial charge is 0.495 e. The Balaban J connectivity index is 2.05. The molecule has 2 rings (SSSR count). The molecule has 18 heavy (non-hydrogen) atoms. The highest BCUT2D eigenvalue weighted by Gasteiger charge is 2.32. The molecule has 0 spiro atoms. The first kappa shape index (κ1) is 13.1. The smallest absolute Gasteiger partial charge is 0.137 e. The van der Waals surface area contributed by atoms with E-state index in [9.17, 15) is 0 Å². The molecule has 1 aliphatic carbocycles. The van der Waals surface area contributed by atoms with Crippen molar-refractivity contribution in [1.82, 2.24) is 4.98 Å². The molecule has 0 aromatic carbocycles. The molecule has 1 saturated carbocycles. The first-order chi connectivity index (χ1) is 8.67. The van der Waals surface area contributed by atoms with Crippen molar-refractivity contribution in [1.29, 1.82) is 0 Å². The average Bonchev–Trinajstić information content (AvgIpc) is 2.43. The molecular formula is C14H23N3O. The van der Waals surface area contributed by atoms with Crippen molar-refractivity contribution < 1.29 is 4.74 Å². The van der Waals surface area contributed by atoms with Crippen molar-refractivity contribution in [2.75, 3.05) is 19.0 Å². The zero-order chi connectivity index (χ0) is 13.0. The average molecular weight is 249 g/mol. The van der Waals surface area contributed by atoms with Crippen molar-refractivity contribution in [2.45, 2.75) is 38.1 Å². The summed E-state index contributed by atoms with van der Waals surface area (Å²) in [5, 5.41) is 3.52. The van der Waals surface area contributed by atoms with E-state index in [1.807, 2.05) is 12.1 Å². The lowest BCUT2D eigenvalue weighted by Gasteiger charge is -2.39. The molecule has 1 heterocycles. The Kier molecular flexibility index (Phi) is 4.07. The number of nitrogens with zero attached hydrogens (tertiary/aromatic N) is 1. The second kappa shape index (κ2) is 5.57. The van der Waals surface area contributed by atoms with Crippen LogP contribution in [-0.4, -0.2) is 24.2 Å². The number of ether oxygens (including phenoxy) is 1. The minimum absolute atomic E-state index is 0.0219. The van der Waals surface area contributed by atoms with Gasteiger partial charge in [-0.1, -0.05) is 6.92 Å². The molecule has 0 radical (unpaired) electrons. The molecule has 3 N–H and O–H groups in total. The SMILES string of the molecule is COc1ccc(NC2(CN)CCC(C)CC2)nc1. The summed E-state index contributed by atoms with van der Waals surface area (Å²) in [5.41, 5.74) is 5.99. The molecule has 0 saturated heterocycles. The molecule has 1 aliphatic rings. The molecule has 4 heteroatoms. The zero-order valence-corrected chi connectivity index (χ0v) is 11.3. The third kappa shape index (κ3) is 2.93. The maximum absolute atomic E-state index is 5.97. The number of methoxy groups -OCH3 is 1. The zero-order valence-electron chi connectivity index (χ0n) is 11.3. The van der Waals surface area contributed by atoms with Crippen LogP contribution in [0.1, 0.15) is 32.6 Å². The van der Waals surface area contributed by atoms with Crippen LogP contribution in [0, 0.1) is 5.92 Å². The van der Waals surface area contributed by atoms with E-state index in [4.69, 9.17) is 10.5 Å². The van der Waals surface area contributed by atoms with E-state index < -0.39 is 0 Å². The standard InChI is InChI=1S/C14H23N3O/c1-11-5-7-14(10-15,8-6-11)17-13-4-3-12(18-2)9-16-13/h3-4,9,11H,5-8,10,15H2,1-2H3,(H,16,17). The summed E-state index contributed by atoms with van der Waals surface area (Å²) in [5.74, 6) is 2.48. The molecule has 0 atom stereocenters. The van der Waals surface area contributed by atoms with E-state index in [0.717, 1.165) is 30.3 Å². The highest BCUT2D eigenvalue weighted by atomic mass is 16.5. The van der Waals surface area contributed by atoms with E-state index in [0.29, 0.717) is 6.54 Å². The molecule has 0 unspecified atom stereocenters. The fraction of sp³-hybridized carbons (Fsp3) is 0.643. The third-order valence-corrected chi connectivity index (χ3v) is 3.99. The van der Waals surface area contributed by atoms with Gasteiger partial charge in [-0.2, -0.15) is 0 Å². The highest BCUT2D eigenvalue weighted by molar-refractivity contribution is 5.40. The molecule has 1 aromatic rings. The number of hydrogen-bond acceptors (Lipinski definition) is 4. The van der Waals surface area contributed by atoms with E-state index in [1.165, 1.54) is 12.8 Å². The lowest BCUT2D eigenvalue weighted by atomic mass is 9.77. The van der Waals surface area contributed by atoms with Gasteiger partial charge in [-0.05, 0) is 43.7 Å². The lowest BCUT2D eigenvalue weighted by Crippen LogP contribution is -2.48. The van der Waals surface area contributed by atoms with Gasteiger partial charge in [-0.25, -0.2) is 4.98 Å². The van der Waals surface area contributed by atoms with Crippen LogP contribution in [-0.2, 0) is 0 Å². The molecule has 100 valence electrons. The van der Waals surface area contributed by atoms with Crippen LogP contribution in [0.15, 0.2) is 18.3 Å². The van der Waals surface area contributed by atoms with Crippen LogP contribution in [0.4, 0.5) is 5.82 Å². The Bertz CT molecular complexity index is 369. The Morgan fingerprint density at radius 3 is 2.67 bits per heavy atom. The topological polar surface area (TPSA) is 60.2 Å². The highest BCUT2D eigenvalue weighted by Crippen LogP contribution is 2.33. The monoisotopic (exact) mass is 249 g/mol. The lowest BCUT2D eigenvalue weighted by molar-refractivity contribution is 0.271. The number of rotatable bonds is 4. The van der Waals surface area contributed by atoms with Crippen LogP contribution < -0.4 is 15.8 Å². The van der Waals surface area contributed by atoms with Gasteiger partial charge in [0.05, 0.1) is 18.8 Å². The van der Waals surface area contributed by atoms with Crippen LogP contribution in [0.2, 0.25) is 0 Å². The summed E-state index contributed by atoms with van der Waals surface area (Å²) in [7, 11) is 1.65. The summed E-state index contributed by atoms with van der Waals surface area (Å²) >= 11 is 0. The number of pyridine rings is 1. The third-order valence-electron chi connectivity index (χ3n) is 3.99. The molecule has 0 aliphatic heterocycles. The van der Waals surface area contributed by atoms with E-state index in [1.54, 1.807) is 13.3 Å². The summed E-state index contributed by atoms with van der Waals surface area (Å²) in [6.07, 6.45) is 6.45. The van der Waals surface area contributed by atoms with Gasteiger partial charge in [-0.15, -0.1) is 0 Å².